The Balaban J connectivity index is 1.74. The van der Waals surface area contributed by atoms with Crippen molar-refractivity contribution < 1.29 is 9.13 Å². The first-order chi connectivity index (χ1) is 8.25. The molecule has 4 heteroatoms. The maximum absolute atomic E-state index is 13.3. The third-order valence-electron chi connectivity index (χ3n) is 2.99. The fourth-order valence-corrected chi connectivity index (χ4v) is 2.00. The van der Waals surface area contributed by atoms with Crippen LogP contribution < -0.4 is 5.32 Å². The Labute approximate surface area is 102 Å². The summed E-state index contributed by atoms with van der Waals surface area (Å²) < 4.78 is 19.0. The highest BCUT2D eigenvalue weighted by Crippen LogP contribution is 2.06. The van der Waals surface area contributed by atoms with Crippen molar-refractivity contribution in [3.05, 3.63) is 35.6 Å². The van der Waals surface area contributed by atoms with Crippen LogP contribution in [0.15, 0.2) is 24.3 Å². The minimum absolute atomic E-state index is 0.151. The summed E-state index contributed by atoms with van der Waals surface area (Å²) in [5, 5.41) is 3.24. The Bertz CT molecular complexity index is 359. The predicted octanol–water partition coefficient (Wildman–Crippen LogP) is 1.25. The molecule has 17 heavy (non-hydrogen) atoms. The van der Waals surface area contributed by atoms with E-state index in [1.54, 1.807) is 12.1 Å². The van der Waals surface area contributed by atoms with Gasteiger partial charge in [0.15, 0.2) is 0 Å². The average molecular weight is 238 g/mol. The lowest BCUT2D eigenvalue weighted by Gasteiger charge is -2.30. The lowest BCUT2D eigenvalue weighted by Crippen LogP contribution is -2.44. The van der Waals surface area contributed by atoms with Gasteiger partial charge in [-0.15, -0.1) is 0 Å². The Morgan fingerprint density at radius 1 is 1.47 bits per heavy atom. The Morgan fingerprint density at radius 3 is 3.06 bits per heavy atom. The van der Waals surface area contributed by atoms with Crippen LogP contribution in [0.3, 0.4) is 0 Å². The summed E-state index contributed by atoms with van der Waals surface area (Å²) in [6.07, 6.45) is 0.209. The summed E-state index contributed by atoms with van der Waals surface area (Å²) >= 11 is 0. The van der Waals surface area contributed by atoms with E-state index in [4.69, 9.17) is 4.74 Å². The van der Waals surface area contributed by atoms with E-state index < -0.39 is 0 Å². The highest BCUT2D eigenvalue weighted by molar-refractivity contribution is 5.16. The highest BCUT2D eigenvalue weighted by Gasteiger charge is 2.16. The van der Waals surface area contributed by atoms with Gasteiger partial charge in [0.05, 0.1) is 12.7 Å². The molecule has 0 aromatic heterocycles. The highest BCUT2D eigenvalue weighted by atomic mass is 19.1. The Hall–Kier alpha value is -0.970. The standard InChI is InChI=1S/C13H19FN2O/c1-16-6-7-17-12(10-16)9-15-8-11-4-2-3-5-13(11)14/h2-5,12,15H,6-10H2,1H3. The number of halogens is 1. The summed E-state index contributed by atoms with van der Waals surface area (Å²) in [6, 6.07) is 6.85. The van der Waals surface area contributed by atoms with Crippen molar-refractivity contribution in [2.24, 2.45) is 0 Å². The van der Waals surface area contributed by atoms with Crippen LogP contribution in [0.1, 0.15) is 5.56 Å². The van der Waals surface area contributed by atoms with E-state index in [1.165, 1.54) is 6.07 Å². The number of hydrogen-bond acceptors (Lipinski definition) is 3. The molecule has 1 heterocycles. The zero-order valence-electron chi connectivity index (χ0n) is 10.2. The molecule has 0 spiro atoms. The summed E-state index contributed by atoms with van der Waals surface area (Å²) in [5.41, 5.74) is 0.705. The number of hydrogen-bond donors (Lipinski definition) is 1. The van der Waals surface area contributed by atoms with Gasteiger partial charge in [-0.05, 0) is 13.1 Å². The summed E-state index contributed by atoms with van der Waals surface area (Å²) in [5.74, 6) is -0.151. The van der Waals surface area contributed by atoms with Gasteiger partial charge in [-0.1, -0.05) is 18.2 Å². The molecule has 1 N–H and O–H groups in total. The molecule has 0 radical (unpaired) electrons. The van der Waals surface area contributed by atoms with E-state index in [1.807, 2.05) is 6.07 Å². The normalized spacial score (nSPS) is 21.6. The molecule has 1 fully saturated rings. The molecule has 0 bridgehead atoms. The van der Waals surface area contributed by atoms with Crippen molar-refractivity contribution in [1.29, 1.82) is 0 Å². The summed E-state index contributed by atoms with van der Waals surface area (Å²) in [6.45, 7) is 4.02. The van der Waals surface area contributed by atoms with Gasteiger partial charge >= 0.3 is 0 Å². The smallest absolute Gasteiger partial charge is 0.127 e. The average Bonchev–Trinajstić information content (AvgIpc) is 2.32. The number of ether oxygens (including phenoxy) is 1. The van der Waals surface area contributed by atoms with Crippen molar-refractivity contribution in [3.8, 4) is 0 Å². The van der Waals surface area contributed by atoms with E-state index in [0.717, 1.165) is 26.2 Å². The third-order valence-corrected chi connectivity index (χ3v) is 2.99. The summed E-state index contributed by atoms with van der Waals surface area (Å²) in [7, 11) is 2.09. The van der Waals surface area contributed by atoms with Crippen LogP contribution in [-0.4, -0.2) is 44.3 Å². The first-order valence-corrected chi connectivity index (χ1v) is 6.00. The molecule has 1 aliphatic heterocycles. The Kier molecular flexibility index (Phi) is 4.48. The van der Waals surface area contributed by atoms with Crippen molar-refractivity contribution in [1.82, 2.24) is 10.2 Å². The van der Waals surface area contributed by atoms with Crippen molar-refractivity contribution in [3.63, 3.8) is 0 Å². The van der Waals surface area contributed by atoms with Crippen molar-refractivity contribution >= 4 is 0 Å². The molecular weight excluding hydrogens is 219 g/mol. The van der Waals surface area contributed by atoms with Crippen molar-refractivity contribution in [2.45, 2.75) is 12.6 Å². The number of likely N-dealkylation sites (N-methyl/N-ethyl adjacent to an activating group) is 1. The van der Waals surface area contributed by atoms with E-state index in [2.05, 4.69) is 17.3 Å². The number of nitrogens with one attached hydrogen (secondary N) is 1. The van der Waals surface area contributed by atoms with Gasteiger partial charge in [-0.25, -0.2) is 4.39 Å². The van der Waals surface area contributed by atoms with Crippen LogP contribution >= 0.6 is 0 Å². The molecule has 0 amide bonds. The lowest BCUT2D eigenvalue weighted by molar-refractivity contribution is -0.0182. The van der Waals surface area contributed by atoms with Crippen LogP contribution in [0.4, 0.5) is 4.39 Å². The van der Waals surface area contributed by atoms with Crippen LogP contribution in [0.2, 0.25) is 0 Å². The fourth-order valence-electron chi connectivity index (χ4n) is 2.00. The molecule has 0 aliphatic carbocycles. The number of rotatable bonds is 4. The zero-order chi connectivity index (χ0) is 12.1. The van der Waals surface area contributed by atoms with Crippen LogP contribution in [-0.2, 0) is 11.3 Å². The molecule has 1 aromatic rings. The third kappa shape index (κ3) is 3.77. The van der Waals surface area contributed by atoms with Gasteiger partial charge < -0.3 is 15.0 Å². The van der Waals surface area contributed by atoms with E-state index in [9.17, 15) is 4.39 Å². The number of nitrogens with zero attached hydrogens (tertiary/aromatic N) is 1. The molecule has 1 atom stereocenters. The molecule has 1 saturated heterocycles. The quantitative estimate of drug-likeness (QED) is 0.854. The van der Waals surface area contributed by atoms with Gasteiger partial charge in [0, 0.05) is 31.7 Å². The second kappa shape index (κ2) is 6.10. The fraction of sp³-hybridized carbons (Fsp3) is 0.538. The first-order valence-electron chi connectivity index (χ1n) is 6.00. The molecule has 1 aliphatic rings. The van der Waals surface area contributed by atoms with Crippen LogP contribution in [0.5, 0.6) is 0 Å². The molecule has 1 aromatic carbocycles. The predicted molar refractivity (Wildman–Crippen MR) is 65.3 cm³/mol. The SMILES string of the molecule is CN1CCOC(CNCc2ccccc2F)C1. The van der Waals surface area contributed by atoms with Crippen molar-refractivity contribution in [2.75, 3.05) is 33.3 Å². The maximum atomic E-state index is 13.3. The number of benzene rings is 1. The van der Waals surface area contributed by atoms with Gasteiger partial charge in [0.1, 0.15) is 5.82 Å². The largest absolute Gasteiger partial charge is 0.374 e. The van der Waals surface area contributed by atoms with Crippen LogP contribution in [0, 0.1) is 5.82 Å². The topological polar surface area (TPSA) is 24.5 Å². The van der Waals surface area contributed by atoms with E-state index in [0.29, 0.717) is 12.1 Å². The monoisotopic (exact) mass is 238 g/mol. The second-order valence-corrected chi connectivity index (χ2v) is 4.48. The molecule has 3 nitrogen and oxygen atoms in total. The molecular formula is C13H19FN2O. The first kappa shape index (κ1) is 12.5. The lowest BCUT2D eigenvalue weighted by atomic mass is 10.2. The Morgan fingerprint density at radius 2 is 2.29 bits per heavy atom. The molecule has 0 saturated carbocycles. The minimum atomic E-state index is -0.151. The van der Waals surface area contributed by atoms with Gasteiger partial charge in [-0.2, -0.15) is 0 Å². The van der Waals surface area contributed by atoms with Gasteiger partial charge in [0.2, 0.25) is 0 Å². The minimum Gasteiger partial charge on any atom is -0.374 e. The maximum Gasteiger partial charge on any atom is 0.127 e. The van der Waals surface area contributed by atoms with Gasteiger partial charge in [-0.3, -0.25) is 0 Å². The van der Waals surface area contributed by atoms with E-state index in [-0.39, 0.29) is 11.9 Å². The van der Waals surface area contributed by atoms with Crippen LogP contribution in [0.25, 0.3) is 0 Å². The summed E-state index contributed by atoms with van der Waals surface area (Å²) in [4.78, 5) is 2.25. The van der Waals surface area contributed by atoms with Gasteiger partial charge in [0.25, 0.3) is 0 Å². The molecule has 2 rings (SSSR count). The molecule has 94 valence electrons. The molecule has 1 unspecified atom stereocenters. The second-order valence-electron chi connectivity index (χ2n) is 4.48. The number of morpholine rings is 1. The zero-order valence-corrected chi connectivity index (χ0v) is 10.2. The van der Waals surface area contributed by atoms with E-state index >= 15 is 0 Å².